The standard InChI is InChI=1S/C16H19F5N4O3/c1-9-7-10(5-6-11(9)25(27)28)8-24-16(26,13(2,3)4)22-12(23-24)14(17,18)15(19,20)21/h5-7,26H,8H2,1-4H3,(H,22,23). The van der Waals surface area contributed by atoms with Crippen molar-refractivity contribution in [2.45, 2.75) is 52.2 Å². The Morgan fingerprint density at radius 2 is 1.82 bits per heavy atom. The van der Waals surface area contributed by atoms with Crippen LogP contribution in [0, 0.1) is 22.5 Å². The lowest BCUT2D eigenvalue weighted by molar-refractivity contribution is -0.385. The third kappa shape index (κ3) is 3.60. The second kappa shape index (κ2) is 6.54. The number of aryl methyl sites for hydroxylation is 1. The van der Waals surface area contributed by atoms with Gasteiger partial charge >= 0.3 is 12.1 Å². The molecular formula is C16H19F5N4O3. The van der Waals surface area contributed by atoms with E-state index in [2.05, 4.69) is 5.10 Å². The molecule has 1 aliphatic heterocycles. The molecule has 7 nitrogen and oxygen atoms in total. The van der Waals surface area contributed by atoms with Crippen molar-refractivity contribution in [3.8, 4) is 0 Å². The molecular weight excluding hydrogens is 391 g/mol. The van der Waals surface area contributed by atoms with Crippen LogP contribution in [0.25, 0.3) is 0 Å². The summed E-state index contributed by atoms with van der Waals surface area (Å²) >= 11 is 0. The molecule has 1 atom stereocenters. The number of amidine groups is 1. The van der Waals surface area contributed by atoms with E-state index in [4.69, 9.17) is 0 Å². The Morgan fingerprint density at radius 1 is 1.25 bits per heavy atom. The molecule has 1 heterocycles. The number of hydrogen-bond donors (Lipinski definition) is 2. The first-order valence-corrected chi connectivity index (χ1v) is 8.06. The molecule has 0 saturated heterocycles. The predicted octanol–water partition coefficient (Wildman–Crippen LogP) is 3.51. The fourth-order valence-corrected chi connectivity index (χ4v) is 2.64. The SMILES string of the molecule is Cc1cc(CN2N=C(C(F)(F)C(F)(F)F)NC2(O)C(C)(C)C)ccc1[N+](=O)[O-]. The molecule has 1 unspecified atom stereocenters. The van der Waals surface area contributed by atoms with Crippen molar-refractivity contribution in [3.05, 3.63) is 39.4 Å². The summed E-state index contributed by atoms with van der Waals surface area (Å²) in [6.45, 7) is 5.37. The van der Waals surface area contributed by atoms with Crippen LogP contribution in [-0.2, 0) is 6.54 Å². The van der Waals surface area contributed by atoms with E-state index >= 15 is 0 Å². The van der Waals surface area contributed by atoms with E-state index in [0.717, 1.165) is 0 Å². The first kappa shape index (κ1) is 21.8. The van der Waals surface area contributed by atoms with E-state index in [1.807, 2.05) is 5.32 Å². The number of hydrogen-bond acceptors (Lipinski definition) is 6. The Labute approximate surface area is 157 Å². The van der Waals surface area contributed by atoms with Gasteiger partial charge in [0, 0.05) is 17.0 Å². The Hall–Kier alpha value is -2.50. The Morgan fingerprint density at radius 3 is 2.25 bits per heavy atom. The molecule has 1 aromatic rings. The number of nitrogens with zero attached hydrogens (tertiary/aromatic N) is 3. The number of hydrazone groups is 1. The van der Waals surface area contributed by atoms with Gasteiger partial charge in [0.05, 0.1) is 11.5 Å². The second-order valence-electron chi connectivity index (χ2n) is 7.50. The van der Waals surface area contributed by atoms with Crippen molar-refractivity contribution in [1.29, 1.82) is 0 Å². The quantitative estimate of drug-likeness (QED) is 0.450. The maximum atomic E-state index is 13.8. The maximum Gasteiger partial charge on any atom is 0.461 e. The number of nitro groups is 1. The molecule has 2 rings (SSSR count). The average molecular weight is 410 g/mol. The lowest BCUT2D eigenvalue weighted by Crippen LogP contribution is -2.64. The van der Waals surface area contributed by atoms with Crippen molar-refractivity contribution in [3.63, 3.8) is 0 Å². The molecule has 0 spiro atoms. The third-order valence-corrected chi connectivity index (χ3v) is 4.38. The summed E-state index contributed by atoms with van der Waals surface area (Å²) < 4.78 is 65.7. The lowest BCUT2D eigenvalue weighted by atomic mass is 9.88. The minimum absolute atomic E-state index is 0.179. The summed E-state index contributed by atoms with van der Waals surface area (Å²) in [6.07, 6.45) is -5.91. The zero-order valence-electron chi connectivity index (χ0n) is 15.4. The average Bonchev–Trinajstić information content (AvgIpc) is 2.84. The largest absolute Gasteiger partial charge is 0.461 e. The highest BCUT2D eigenvalue weighted by atomic mass is 19.4. The highest BCUT2D eigenvalue weighted by Gasteiger charge is 2.66. The molecule has 0 bridgehead atoms. The predicted molar refractivity (Wildman–Crippen MR) is 89.4 cm³/mol. The van der Waals surface area contributed by atoms with Gasteiger partial charge in [-0.3, -0.25) is 10.1 Å². The topological polar surface area (TPSA) is 91.0 Å². The van der Waals surface area contributed by atoms with Gasteiger partial charge in [-0.15, -0.1) is 0 Å². The molecule has 156 valence electrons. The van der Waals surface area contributed by atoms with Crippen LogP contribution in [0.2, 0.25) is 0 Å². The van der Waals surface area contributed by atoms with Gasteiger partial charge in [-0.2, -0.15) is 27.1 Å². The van der Waals surface area contributed by atoms with Crippen molar-refractivity contribution >= 4 is 11.5 Å². The van der Waals surface area contributed by atoms with Crippen LogP contribution in [0.5, 0.6) is 0 Å². The van der Waals surface area contributed by atoms with Crippen LogP contribution in [0.4, 0.5) is 27.6 Å². The molecule has 0 saturated carbocycles. The Bertz CT molecular complexity index is 819. The smallest absolute Gasteiger partial charge is 0.352 e. The van der Waals surface area contributed by atoms with Gasteiger partial charge in [0.1, 0.15) is 0 Å². The fraction of sp³-hybridized carbons (Fsp3) is 0.562. The summed E-state index contributed by atoms with van der Waals surface area (Å²) in [7, 11) is 0. The third-order valence-electron chi connectivity index (χ3n) is 4.38. The van der Waals surface area contributed by atoms with E-state index in [0.29, 0.717) is 10.6 Å². The van der Waals surface area contributed by atoms with Crippen molar-refractivity contribution in [2.75, 3.05) is 0 Å². The molecule has 0 aliphatic carbocycles. The molecule has 2 N–H and O–H groups in total. The number of aliphatic hydroxyl groups is 1. The summed E-state index contributed by atoms with van der Waals surface area (Å²) in [5.41, 5.74) is -0.815. The van der Waals surface area contributed by atoms with Gasteiger partial charge < -0.3 is 10.4 Å². The molecule has 12 heteroatoms. The number of nitrogens with one attached hydrogen (secondary N) is 1. The monoisotopic (exact) mass is 410 g/mol. The van der Waals surface area contributed by atoms with Gasteiger partial charge in [-0.05, 0) is 18.6 Å². The summed E-state index contributed by atoms with van der Waals surface area (Å²) in [5.74, 6) is -9.38. The first-order valence-electron chi connectivity index (χ1n) is 8.06. The summed E-state index contributed by atoms with van der Waals surface area (Å²) in [6, 6.07) is 3.86. The van der Waals surface area contributed by atoms with E-state index < -0.39 is 34.1 Å². The molecule has 1 aromatic carbocycles. The van der Waals surface area contributed by atoms with Gasteiger partial charge in [-0.25, -0.2) is 5.01 Å². The molecule has 1 aliphatic rings. The minimum atomic E-state index is -5.91. The minimum Gasteiger partial charge on any atom is -0.352 e. The van der Waals surface area contributed by atoms with Gasteiger partial charge in [-0.1, -0.05) is 26.8 Å². The number of halogens is 5. The fourth-order valence-electron chi connectivity index (χ4n) is 2.64. The first-order chi connectivity index (χ1) is 12.5. The zero-order chi connectivity index (χ0) is 21.7. The zero-order valence-corrected chi connectivity index (χ0v) is 15.4. The van der Waals surface area contributed by atoms with Crippen LogP contribution in [0.1, 0.15) is 31.9 Å². The Kier molecular flexibility index (Phi) is 5.09. The number of benzene rings is 1. The van der Waals surface area contributed by atoms with E-state index in [-0.39, 0.29) is 17.8 Å². The number of nitro benzene ring substituents is 1. The highest BCUT2D eigenvalue weighted by molar-refractivity contribution is 5.91. The molecule has 0 amide bonds. The highest BCUT2D eigenvalue weighted by Crippen LogP contribution is 2.42. The Balaban J connectivity index is 2.46. The van der Waals surface area contributed by atoms with E-state index in [9.17, 15) is 37.2 Å². The van der Waals surface area contributed by atoms with Gasteiger partial charge in [0.15, 0.2) is 0 Å². The van der Waals surface area contributed by atoms with Crippen molar-refractivity contribution < 1.29 is 32.0 Å². The molecule has 28 heavy (non-hydrogen) atoms. The summed E-state index contributed by atoms with van der Waals surface area (Å²) in [4.78, 5) is 10.3. The maximum absolute atomic E-state index is 13.8. The van der Waals surface area contributed by atoms with Crippen LogP contribution >= 0.6 is 0 Å². The molecule has 0 radical (unpaired) electrons. The van der Waals surface area contributed by atoms with Crippen molar-refractivity contribution in [2.24, 2.45) is 10.5 Å². The molecule has 0 aromatic heterocycles. The van der Waals surface area contributed by atoms with E-state index in [1.54, 1.807) is 0 Å². The molecule has 0 fully saturated rings. The van der Waals surface area contributed by atoms with Crippen LogP contribution in [0.15, 0.2) is 23.3 Å². The van der Waals surface area contributed by atoms with Crippen LogP contribution < -0.4 is 5.32 Å². The normalized spacial score (nSPS) is 20.8. The lowest BCUT2D eigenvalue weighted by Gasteiger charge is -2.42. The van der Waals surface area contributed by atoms with Crippen LogP contribution in [0.3, 0.4) is 0 Å². The van der Waals surface area contributed by atoms with Gasteiger partial charge in [0.2, 0.25) is 11.7 Å². The number of alkyl halides is 5. The number of rotatable bonds is 4. The van der Waals surface area contributed by atoms with Crippen LogP contribution in [-0.4, -0.2) is 38.8 Å². The van der Waals surface area contributed by atoms with Crippen molar-refractivity contribution in [1.82, 2.24) is 10.3 Å². The summed E-state index contributed by atoms with van der Waals surface area (Å²) in [5, 5.41) is 27.6. The second-order valence-corrected chi connectivity index (χ2v) is 7.50. The van der Waals surface area contributed by atoms with E-state index in [1.165, 1.54) is 45.9 Å². The van der Waals surface area contributed by atoms with Gasteiger partial charge in [0.25, 0.3) is 5.69 Å².